The molecule has 0 spiro atoms. The van der Waals surface area contributed by atoms with Crippen LogP contribution in [-0.4, -0.2) is 21.9 Å². The van der Waals surface area contributed by atoms with E-state index in [4.69, 9.17) is 0 Å². The number of carbonyl (C=O) groups is 2. The largest absolute Gasteiger partial charge is 0.309 e. The maximum Gasteiger partial charge on any atom is 0.226 e. The first-order chi connectivity index (χ1) is 12.2. The third kappa shape index (κ3) is 2.78. The molecule has 3 heterocycles. The highest BCUT2D eigenvalue weighted by molar-refractivity contribution is 7.14. The van der Waals surface area contributed by atoms with E-state index in [2.05, 4.69) is 22.4 Å². The molecular weight excluding hydrogens is 334 g/mol. The minimum absolute atomic E-state index is 0.0145. The van der Waals surface area contributed by atoms with Gasteiger partial charge in [0.1, 0.15) is 0 Å². The Hall–Kier alpha value is -2.73. The van der Waals surface area contributed by atoms with E-state index in [0.29, 0.717) is 10.7 Å². The summed E-state index contributed by atoms with van der Waals surface area (Å²) in [5.74, 6) is -0.245. The molecule has 0 aliphatic carbocycles. The second-order valence-electron chi connectivity index (χ2n) is 6.02. The van der Waals surface area contributed by atoms with Gasteiger partial charge in [-0.05, 0) is 24.1 Å². The van der Waals surface area contributed by atoms with Gasteiger partial charge in [0, 0.05) is 16.9 Å². The molecule has 0 bridgehead atoms. The minimum Gasteiger partial charge on any atom is -0.309 e. The Labute approximate surface area is 149 Å². The van der Waals surface area contributed by atoms with E-state index in [9.17, 15) is 9.59 Å². The van der Waals surface area contributed by atoms with Crippen molar-refractivity contribution in [3.05, 3.63) is 57.8 Å². The molecular formula is C19H17N3O2S. The van der Waals surface area contributed by atoms with Gasteiger partial charge in [0.25, 0.3) is 0 Å². The van der Waals surface area contributed by atoms with Crippen molar-refractivity contribution in [3.63, 3.8) is 0 Å². The number of anilines is 1. The lowest BCUT2D eigenvalue weighted by atomic mass is 9.86. The van der Waals surface area contributed by atoms with Crippen LogP contribution in [0.25, 0.3) is 11.3 Å². The topological polar surface area (TPSA) is 74.8 Å². The molecule has 2 aromatic heterocycles. The zero-order chi connectivity index (χ0) is 17.4. The number of aromatic amines is 1. The minimum atomic E-state index is -0.513. The molecule has 4 rings (SSSR count). The molecule has 5 nitrogen and oxygen atoms in total. The zero-order valence-corrected chi connectivity index (χ0v) is 14.5. The number of Topliss-reactive ketones (excluding diaryl/α,β-unsaturated/α-hetero) is 1. The Morgan fingerprint density at radius 1 is 1.24 bits per heavy atom. The molecule has 126 valence electrons. The standard InChI is InChI=1S/C19H17N3O2S/c1-2-12-8-9-14(25-12)18(24)13-10-15(23)20-19-16(13)17(21-22-19)11-6-4-3-5-7-11/h3-9,13H,2,10H2,1H3,(H2,20,21,22,23). The highest BCUT2D eigenvalue weighted by atomic mass is 32.1. The SMILES string of the molecule is CCc1ccc(C(=O)C2CC(=O)Nc3n[nH]c(-c4ccccc4)c32)s1. The number of aryl methyl sites for hydroxylation is 1. The van der Waals surface area contributed by atoms with E-state index in [0.717, 1.165) is 23.2 Å². The molecule has 0 saturated heterocycles. The normalized spacial score (nSPS) is 16.4. The molecule has 1 aromatic carbocycles. The molecule has 0 radical (unpaired) electrons. The molecule has 1 aliphatic heterocycles. The summed E-state index contributed by atoms with van der Waals surface area (Å²) in [6.45, 7) is 2.07. The molecule has 6 heteroatoms. The van der Waals surface area contributed by atoms with Gasteiger partial charge in [-0.15, -0.1) is 11.3 Å². The number of rotatable bonds is 4. The van der Waals surface area contributed by atoms with Gasteiger partial charge in [-0.1, -0.05) is 37.3 Å². The summed E-state index contributed by atoms with van der Waals surface area (Å²) in [4.78, 5) is 27.0. The number of benzene rings is 1. The fourth-order valence-corrected chi connectivity index (χ4v) is 4.12. The van der Waals surface area contributed by atoms with Crippen LogP contribution in [0.15, 0.2) is 42.5 Å². The maximum atomic E-state index is 13.1. The fraction of sp³-hybridized carbons (Fsp3) is 0.211. The summed E-state index contributed by atoms with van der Waals surface area (Å²) in [5, 5.41) is 9.99. The van der Waals surface area contributed by atoms with E-state index >= 15 is 0 Å². The van der Waals surface area contributed by atoms with Crippen molar-refractivity contribution in [1.29, 1.82) is 0 Å². The number of nitrogens with one attached hydrogen (secondary N) is 2. The Kier molecular flexibility index (Phi) is 3.97. The van der Waals surface area contributed by atoms with Crippen LogP contribution in [0.4, 0.5) is 5.82 Å². The number of aromatic nitrogens is 2. The number of nitrogens with zero attached hydrogens (tertiary/aromatic N) is 1. The summed E-state index contributed by atoms with van der Waals surface area (Å²) < 4.78 is 0. The van der Waals surface area contributed by atoms with Crippen LogP contribution in [0.5, 0.6) is 0 Å². The van der Waals surface area contributed by atoms with Gasteiger partial charge >= 0.3 is 0 Å². The van der Waals surface area contributed by atoms with Crippen LogP contribution in [0, 0.1) is 0 Å². The number of amides is 1. The van der Waals surface area contributed by atoms with Crippen LogP contribution < -0.4 is 5.32 Å². The summed E-state index contributed by atoms with van der Waals surface area (Å²) in [6, 6.07) is 13.6. The monoisotopic (exact) mass is 351 g/mol. The van der Waals surface area contributed by atoms with Crippen LogP contribution in [0.1, 0.15) is 39.4 Å². The van der Waals surface area contributed by atoms with Gasteiger partial charge < -0.3 is 5.32 Å². The Balaban J connectivity index is 1.79. The van der Waals surface area contributed by atoms with E-state index in [1.165, 1.54) is 16.2 Å². The smallest absolute Gasteiger partial charge is 0.226 e. The molecule has 3 aromatic rings. The molecule has 1 aliphatic rings. The molecule has 25 heavy (non-hydrogen) atoms. The maximum absolute atomic E-state index is 13.1. The van der Waals surface area contributed by atoms with Gasteiger partial charge in [-0.25, -0.2) is 0 Å². The number of H-pyrrole nitrogens is 1. The van der Waals surface area contributed by atoms with Crippen LogP contribution in [0.2, 0.25) is 0 Å². The Bertz CT molecular complexity index is 943. The lowest BCUT2D eigenvalue weighted by Crippen LogP contribution is -2.27. The first-order valence-corrected chi connectivity index (χ1v) is 9.05. The van der Waals surface area contributed by atoms with Crippen LogP contribution in [-0.2, 0) is 11.2 Å². The predicted molar refractivity (Wildman–Crippen MR) is 98.0 cm³/mol. The third-order valence-electron chi connectivity index (χ3n) is 4.43. The highest BCUT2D eigenvalue weighted by Crippen LogP contribution is 2.40. The van der Waals surface area contributed by atoms with Gasteiger partial charge in [0.15, 0.2) is 11.6 Å². The first-order valence-electron chi connectivity index (χ1n) is 8.23. The van der Waals surface area contributed by atoms with Crippen molar-refractivity contribution in [2.24, 2.45) is 0 Å². The molecule has 2 N–H and O–H groups in total. The molecule has 1 amide bonds. The van der Waals surface area contributed by atoms with Crippen molar-refractivity contribution in [1.82, 2.24) is 10.2 Å². The molecule has 0 saturated carbocycles. The Morgan fingerprint density at radius 2 is 2.04 bits per heavy atom. The van der Waals surface area contributed by atoms with Gasteiger partial charge in [0.05, 0.1) is 16.5 Å². The summed E-state index contributed by atoms with van der Waals surface area (Å²) in [7, 11) is 0. The highest BCUT2D eigenvalue weighted by Gasteiger charge is 2.36. The van der Waals surface area contributed by atoms with Gasteiger partial charge in [-0.2, -0.15) is 5.10 Å². The van der Waals surface area contributed by atoms with Gasteiger partial charge in [-0.3, -0.25) is 14.7 Å². The van der Waals surface area contributed by atoms with Crippen molar-refractivity contribution < 1.29 is 9.59 Å². The lowest BCUT2D eigenvalue weighted by Gasteiger charge is -2.21. The van der Waals surface area contributed by atoms with Crippen molar-refractivity contribution in [2.45, 2.75) is 25.7 Å². The predicted octanol–water partition coefficient (Wildman–Crippen LogP) is 4.01. The van der Waals surface area contributed by atoms with Gasteiger partial charge in [0.2, 0.25) is 5.91 Å². The molecule has 1 unspecified atom stereocenters. The van der Waals surface area contributed by atoms with Crippen LogP contribution >= 0.6 is 11.3 Å². The fourth-order valence-electron chi connectivity index (χ4n) is 3.18. The average Bonchev–Trinajstić information content (AvgIpc) is 3.28. The summed E-state index contributed by atoms with van der Waals surface area (Å²) >= 11 is 1.50. The number of thiophene rings is 1. The number of ketones is 1. The summed E-state index contributed by atoms with van der Waals surface area (Å²) in [5.41, 5.74) is 2.52. The third-order valence-corrected chi connectivity index (χ3v) is 5.68. The van der Waals surface area contributed by atoms with E-state index in [-0.39, 0.29) is 18.1 Å². The first kappa shape index (κ1) is 15.8. The average molecular weight is 351 g/mol. The number of hydrogen-bond donors (Lipinski definition) is 2. The van der Waals surface area contributed by atoms with Crippen molar-refractivity contribution >= 4 is 28.8 Å². The number of carbonyl (C=O) groups excluding carboxylic acids is 2. The Morgan fingerprint density at radius 3 is 2.76 bits per heavy atom. The zero-order valence-electron chi connectivity index (χ0n) is 13.7. The quantitative estimate of drug-likeness (QED) is 0.698. The second kappa shape index (κ2) is 6.29. The summed E-state index contributed by atoms with van der Waals surface area (Å²) in [6.07, 6.45) is 1.04. The lowest BCUT2D eigenvalue weighted by molar-refractivity contribution is -0.116. The molecule has 1 atom stereocenters. The number of hydrogen-bond acceptors (Lipinski definition) is 4. The van der Waals surface area contributed by atoms with E-state index in [1.54, 1.807) is 0 Å². The van der Waals surface area contributed by atoms with Crippen LogP contribution in [0.3, 0.4) is 0 Å². The van der Waals surface area contributed by atoms with E-state index < -0.39 is 5.92 Å². The van der Waals surface area contributed by atoms with Crippen molar-refractivity contribution in [3.8, 4) is 11.3 Å². The second-order valence-corrected chi connectivity index (χ2v) is 7.18. The number of fused-ring (bicyclic) bond motifs is 1. The van der Waals surface area contributed by atoms with E-state index in [1.807, 2.05) is 42.5 Å². The van der Waals surface area contributed by atoms with Crippen molar-refractivity contribution in [2.75, 3.05) is 5.32 Å². The molecule has 0 fully saturated rings.